The lowest BCUT2D eigenvalue weighted by Crippen LogP contribution is -2.18. The largest absolute Gasteiger partial charge is 0.489 e. The molecular weight excluding hydrogens is 418 g/mol. The number of ether oxygens (including phenoxy) is 2. The molecule has 0 radical (unpaired) electrons. The number of carbonyl (C=O) groups is 1. The molecule has 1 unspecified atom stereocenters. The standard InChI is InChI=1S/C23H25NO6S/c1-15-9-10-19(21(12-15)29-13-16-6-5-11-28-16)24-23(25)22-18(14-31(2,26)27)17-7-3-4-8-20(17)30-22/h3-4,7-10,12,16H,5-6,11,13-14H2,1-2H3,(H,24,25). The molecule has 2 heterocycles. The highest BCUT2D eigenvalue weighted by atomic mass is 32.2. The van der Waals surface area contributed by atoms with E-state index in [1.165, 1.54) is 0 Å². The molecule has 1 aromatic heterocycles. The fourth-order valence-corrected chi connectivity index (χ4v) is 4.49. The van der Waals surface area contributed by atoms with E-state index in [1.807, 2.05) is 19.1 Å². The van der Waals surface area contributed by atoms with Crippen LogP contribution in [0.3, 0.4) is 0 Å². The lowest BCUT2D eigenvalue weighted by atomic mass is 10.1. The second-order valence-electron chi connectivity index (χ2n) is 7.88. The van der Waals surface area contributed by atoms with Gasteiger partial charge in [-0.05, 0) is 43.5 Å². The van der Waals surface area contributed by atoms with Crippen molar-refractivity contribution in [1.29, 1.82) is 0 Å². The Balaban J connectivity index is 1.62. The van der Waals surface area contributed by atoms with Crippen LogP contribution >= 0.6 is 0 Å². The van der Waals surface area contributed by atoms with E-state index in [0.717, 1.165) is 31.3 Å². The van der Waals surface area contributed by atoms with Gasteiger partial charge in [0.2, 0.25) is 0 Å². The zero-order chi connectivity index (χ0) is 22.0. The van der Waals surface area contributed by atoms with Gasteiger partial charge in [0.15, 0.2) is 15.6 Å². The fraction of sp³-hybridized carbons (Fsp3) is 0.348. The zero-order valence-corrected chi connectivity index (χ0v) is 18.3. The molecule has 3 aromatic rings. The monoisotopic (exact) mass is 443 g/mol. The number of amides is 1. The second kappa shape index (κ2) is 8.72. The highest BCUT2D eigenvalue weighted by Gasteiger charge is 2.24. The number of fused-ring (bicyclic) bond motifs is 1. The number of aryl methyl sites for hydroxylation is 1. The minimum Gasteiger partial charge on any atom is -0.489 e. The second-order valence-corrected chi connectivity index (χ2v) is 10.0. The molecule has 164 valence electrons. The van der Waals surface area contributed by atoms with Crippen LogP contribution in [-0.4, -0.2) is 39.9 Å². The maximum Gasteiger partial charge on any atom is 0.291 e. The van der Waals surface area contributed by atoms with Crippen molar-refractivity contribution in [2.24, 2.45) is 0 Å². The van der Waals surface area contributed by atoms with Gasteiger partial charge in [-0.3, -0.25) is 4.79 Å². The molecule has 0 saturated carbocycles. The number of para-hydroxylation sites is 1. The molecule has 1 fully saturated rings. The van der Waals surface area contributed by atoms with Gasteiger partial charge < -0.3 is 19.2 Å². The molecule has 0 spiro atoms. The van der Waals surface area contributed by atoms with Gasteiger partial charge in [-0.15, -0.1) is 0 Å². The molecule has 31 heavy (non-hydrogen) atoms. The first-order chi connectivity index (χ1) is 14.8. The third kappa shape index (κ3) is 5.08. The first-order valence-electron chi connectivity index (χ1n) is 10.1. The van der Waals surface area contributed by atoms with Crippen LogP contribution in [0, 0.1) is 6.92 Å². The third-order valence-corrected chi connectivity index (χ3v) is 5.96. The summed E-state index contributed by atoms with van der Waals surface area (Å²) in [5.41, 5.74) is 2.29. The van der Waals surface area contributed by atoms with Crippen molar-refractivity contribution in [2.75, 3.05) is 24.8 Å². The van der Waals surface area contributed by atoms with E-state index in [-0.39, 0.29) is 17.6 Å². The molecule has 0 bridgehead atoms. The molecule has 7 nitrogen and oxygen atoms in total. The van der Waals surface area contributed by atoms with Crippen LogP contribution in [0.1, 0.15) is 34.5 Å². The van der Waals surface area contributed by atoms with Crippen molar-refractivity contribution in [3.63, 3.8) is 0 Å². The summed E-state index contributed by atoms with van der Waals surface area (Å²) in [6.07, 6.45) is 3.14. The van der Waals surface area contributed by atoms with Gasteiger partial charge in [-0.2, -0.15) is 0 Å². The number of rotatable bonds is 7. The average Bonchev–Trinajstić information content (AvgIpc) is 3.35. The summed E-state index contributed by atoms with van der Waals surface area (Å²) in [5, 5.41) is 3.43. The van der Waals surface area contributed by atoms with Crippen LogP contribution < -0.4 is 10.1 Å². The van der Waals surface area contributed by atoms with Crippen LogP contribution in [0.5, 0.6) is 5.75 Å². The van der Waals surface area contributed by atoms with E-state index >= 15 is 0 Å². The predicted octanol–water partition coefficient (Wildman–Crippen LogP) is 4.10. The van der Waals surface area contributed by atoms with Crippen LogP contribution in [0.25, 0.3) is 11.0 Å². The Morgan fingerprint density at radius 1 is 1.23 bits per heavy atom. The highest BCUT2D eigenvalue weighted by Crippen LogP contribution is 2.31. The van der Waals surface area contributed by atoms with Gasteiger partial charge in [0.05, 0.1) is 17.5 Å². The van der Waals surface area contributed by atoms with E-state index in [1.54, 1.807) is 30.3 Å². The number of anilines is 1. The molecule has 8 heteroatoms. The Morgan fingerprint density at radius 3 is 2.77 bits per heavy atom. The maximum absolute atomic E-state index is 13.1. The Morgan fingerprint density at radius 2 is 2.03 bits per heavy atom. The van der Waals surface area contributed by atoms with Crippen LogP contribution in [0.4, 0.5) is 5.69 Å². The Hall–Kier alpha value is -2.84. The van der Waals surface area contributed by atoms with Crippen LogP contribution in [0.15, 0.2) is 46.9 Å². The summed E-state index contributed by atoms with van der Waals surface area (Å²) < 4.78 is 41.2. The van der Waals surface area contributed by atoms with Crippen molar-refractivity contribution in [3.05, 3.63) is 59.4 Å². The summed E-state index contributed by atoms with van der Waals surface area (Å²) in [7, 11) is -3.38. The number of furan rings is 1. The van der Waals surface area contributed by atoms with Crippen molar-refractivity contribution in [3.8, 4) is 5.75 Å². The molecule has 2 aromatic carbocycles. The van der Waals surface area contributed by atoms with Crippen LogP contribution in [-0.2, 0) is 20.3 Å². The average molecular weight is 444 g/mol. The van der Waals surface area contributed by atoms with Gasteiger partial charge in [-0.1, -0.05) is 24.3 Å². The molecule has 1 saturated heterocycles. The molecule has 0 aliphatic carbocycles. The van der Waals surface area contributed by atoms with E-state index in [4.69, 9.17) is 13.9 Å². The van der Waals surface area contributed by atoms with Crippen molar-refractivity contribution in [1.82, 2.24) is 0 Å². The van der Waals surface area contributed by atoms with Gasteiger partial charge in [0, 0.05) is 23.8 Å². The molecule has 1 aliphatic rings. The third-order valence-electron chi connectivity index (χ3n) is 5.15. The van der Waals surface area contributed by atoms with E-state index in [2.05, 4.69) is 5.32 Å². The molecule has 1 amide bonds. The first-order valence-corrected chi connectivity index (χ1v) is 12.2. The lowest BCUT2D eigenvalue weighted by Gasteiger charge is -2.16. The SMILES string of the molecule is Cc1ccc(NC(=O)c2oc3ccccc3c2CS(C)(=O)=O)c(OCC2CCCO2)c1. The minimum absolute atomic E-state index is 0.0164. The highest BCUT2D eigenvalue weighted by molar-refractivity contribution is 7.89. The van der Waals surface area contributed by atoms with Crippen molar-refractivity contribution in [2.45, 2.75) is 31.6 Å². The summed E-state index contributed by atoms with van der Waals surface area (Å²) in [4.78, 5) is 13.1. The van der Waals surface area contributed by atoms with Gasteiger partial charge in [0.25, 0.3) is 5.91 Å². The van der Waals surface area contributed by atoms with E-state index in [0.29, 0.717) is 34.6 Å². The fourth-order valence-electron chi connectivity index (χ4n) is 3.68. The number of carbonyl (C=O) groups excluding carboxylic acids is 1. The summed E-state index contributed by atoms with van der Waals surface area (Å²) in [6.45, 7) is 3.07. The zero-order valence-electron chi connectivity index (χ0n) is 17.5. The molecular formula is C23H25NO6S. The predicted molar refractivity (Wildman–Crippen MR) is 118 cm³/mol. The minimum atomic E-state index is -3.38. The van der Waals surface area contributed by atoms with Gasteiger partial charge in [0.1, 0.15) is 17.9 Å². The molecule has 4 rings (SSSR count). The molecule has 1 atom stereocenters. The van der Waals surface area contributed by atoms with Gasteiger partial charge in [-0.25, -0.2) is 8.42 Å². The Kier molecular flexibility index (Phi) is 6.02. The summed E-state index contributed by atoms with van der Waals surface area (Å²) >= 11 is 0. The number of nitrogens with one attached hydrogen (secondary N) is 1. The quantitative estimate of drug-likeness (QED) is 0.591. The lowest BCUT2D eigenvalue weighted by molar-refractivity contribution is 0.0681. The van der Waals surface area contributed by atoms with Gasteiger partial charge >= 0.3 is 0 Å². The number of benzene rings is 2. The smallest absolute Gasteiger partial charge is 0.291 e. The van der Waals surface area contributed by atoms with E-state index < -0.39 is 15.7 Å². The molecule has 1 N–H and O–H groups in total. The number of sulfone groups is 1. The van der Waals surface area contributed by atoms with Crippen molar-refractivity contribution >= 4 is 32.4 Å². The Bertz CT molecular complexity index is 1210. The topological polar surface area (TPSA) is 94.8 Å². The van der Waals surface area contributed by atoms with Crippen LogP contribution in [0.2, 0.25) is 0 Å². The Labute approximate surface area is 181 Å². The van der Waals surface area contributed by atoms with E-state index in [9.17, 15) is 13.2 Å². The summed E-state index contributed by atoms with van der Waals surface area (Å²) in [6, 6.07) is 12.5. The first kappa shape index (κ1) is 21.4. The number of hydrogen-bond acceptors (Lipinski definition) is 6. The normalized spacial score (nSPS) is 16.5. The maximum atomic E-state index is 13.1. The summed E-state index contributed by atoms with van der Waals surface area (Å²) in [5.74, 6) is -0.300. The van der Waals surface area contributed by atoms with Crippen molar-refractivity contribution < 1.29 is 27.1 Å². The number of hydrogen-bond donors (Lipinski definition) is 1. The molecule has 1 aliphatic heterocycles.